The summed E-state index contributed by atoms with van der Waals surface area (Å²) in [6.07, 6.45) is 1.85. The summed E-state index contributed by atoms with van der Waals surface area (Å²) in [5.74, 6) is -0.395. The summed E-state index contributed by atoms with van der Waals surface area (Å²) in [5.41, 5.74) is 1.15. The van der Waals surface area contributed by atoms with Crippen molar-refractivity contribution in [1.82, 2.24) is 10.2 Å². The Morgan fingerprint density at radius 2 is 1.86 bits per heavy atom. The zero-order chi connectivity index (χ0) is 15.2. The minimum absolute atomic E-state index is 0.149. The molecule has 0 bridgehead atoms. The van der Waals surface area contributed by atoms with Crippen molar-refractivity contribution in [3.63, 3.8) is 0 Å². The molecule has 0 unspecified atom stereocenters. The molecule has 1 aromatic heterocycles. The highest BCUT2D eigenvalue weighted by atomic mass is 32.1. The van der Waals surface area contributed by atoms with Gasteiger partial charge in [-0.05, 0) is 30.7 Å². The first kappa shape index (κ1) is 15.1. The van der Waals surface area contributed by atoms with Crippen LogP contribution < -0.4 is 10.6 Å². The minimum atomic E-state index is -0.247. The van der Waals surface area contributed by atoms with Gasteiger partial charge in [0.25, 0.3) is 5.91 Å². The van der Waals surface area contributed by atoms with Gasteiger partial charge < -0.3 is 5.32 Å². The van der Waals surface area contributed by atoms with Crippen molar-refractivity contribution in [2.45, 2.75) is 26.7 Å². The molecule has 110 valence electrons. The van der Waals surface area contributed by atoms with Crippen LogP contribution in [0.2, 0.25) is 0 Å². The van der Waals surface area contributed by atoms with Gasteiger partial charge in [-0.3, -0.25) is 14.9 Å². The summed E-state index contributed by atoms with van der Waals surface area (Å²) >= 11 is 1.38. The predicted molar refractivity (Wildman–Crippen MR) is 82.6 cm³/mol. The van der Waals surface area contributed by atoms with Crippen molar-refractivity contribution < 1.29 is 9.59 Å². The highest BCUT2D eigenvalue weighted by Crippen LogP contribution is 2.18. The van der Waals surface area contributed by atoms with Crippen molar-refractivity contribution in [3.05, 3.63) is 34.8 Å². The first-order valence-electron chi connectivity index (χ1n) is 6.60. The van der Waals surface area contributed by atoms with Crippen LogP contribution >= 0.6 is 11.3 Å². The third-order valence-corrected chi connectivity index (χ3v) is 3.52. The first-order valence-corrected chi connectivity index (χ1v) is 7.41. The number of carbonyl (C=O) groups is 2. The average molecular weight is 304 g/mol. The Hall–Kier alpha value is -2.28. The predicted octanol–water partition coefficient (Wildman–Crippen LogP) is 2.70. The Labute approximate surface area is 126 Å². The van der Waals surface area contributed by atoms with Crippen LogP contribution in [-0.4, -0.2) is 22.0 Å². The zero-order valence-corrected chi connectivity index (χ0v) is 12.7. The van der Waals surface area contributed by atoms with Gasteiger partial charge >= 0.3 is 0 Å². The number of aromatic nitrogens is 2. The minimum Gasteiger partial charge on any atom is -0.326 e. The van der Waals surface area contributed by atoms with Crippen molar-refractivity contribution >= 4 is 34.0 Å². The molecule has 0 aliphatic heterocycles. The second-order valence-electron chi connectivity index (χ2n) is 4.46. The highest BCUT2D eigenvalue weighted by Gasteiger charge is 2.10. The van der Waals surface area contributed by atoms with Crippen LogP contribution in [-0.2, 0) is 11.2 Å². The maximum absolute atomic E-state index is 12.1. The van der Waals surface area contributed by atoms with E-state index in [4.69, 9.17) is 0 Å². The number of amides is 2. The number of hydrogen-bond donors (Lipinski definition) is 2. The number of carbonyl (C=O) groups excluding carboxylic acids is 2. The van der Waals surface area contributed by atoms with Gasteiger partial charge in [-0.1, -0.05) is 18.3 Å². The van der Waals surface area contributed by atoms with Crippen LogP contribution in [0.25, 0.3) is 0 Å². The number of benzene rings is 1. The average Bonchev–Trinajstić information content (AvgIpc) is 2.86. The molecule has 1 heterocycles. The molecule has 0 radical (unpaired) electrons. The lowest BCUT2D eigenvalue weighted by Gasteiger charge is -2.04. The summed E-state index contributed by atoms with van der Waals surface area (Å²) < 4.78 is 0. The Bertz CT molecular complexity index is 637. The monoisotopic (exact) mass is 304 g/mol. The molecule has 0 saturated heterocycles. The molecule has 2 amide bonds. The number of rotatable bonds is 5. The van der Waals surface area contributed by atoms with Gasteiger partial charge in [0.1, 0.15) is 5.01 Å². The Kier molecular flexibility index (Phi) is 4.99. The number of aryl methyl sites for hydroxylation is 1. The summed E-state index contributed by atoms with van der Waals surface area (Å²) in [7, 11) is 0. The molecule has 0 fully saturated rings. The molecule has 0 aliphatic rings. The lowest BCUT2D eigenvalue weighted by Crippen LogP contribution is -2.12. The SMILES string of the molecule is CCCc1nnc(NC(=O)c2ccc(NC(C)=O)cc2)s1. The van der Waals surface area contributed by atoms with Crippen molar-refractivity contribution in [3.8, 4) is 0 Å². The van der Waals surface area contributed by atoms with E-state index in [1.807, 2.05) is 0 Å². The molecule has 7 heteroatoms. The summed E-state index contributed by atoms with van der Waals surface area (Å²) in [4.78, 5) is 23.0. The van der Waals surface area contributed by atoms with E-state index in [2.05, 4.69) is 27.8 Å². The van der Waals surface area contributed by atoms with Gasteiger partial charge in [0, 0.05) is 24.6 Å². The van der Waals surface area contributed by atoms with E-state index in [1.54, 1.807) is 24.3 Å². The van der Waals surface area contributed by atoms with Crippen molar-refractivity contribution in [1.29, 1.82) is 0 Å². The fourth-order valence-corrected chi connectivity index (χ4v) is 2.53. The molecule has 6 nitrogen and oxygen atoms in total. The first-order chi connectivity index (χ1) is 10.1. The lowest BCUT2D eigenvalue weighted by atomic mass is 10.2. The fraction of sp³-hybridized carbons (Fsp3) is 0.286. The van der Waals surface area contributed by atoms with Crippen molar-refractivity contribution in [2.75, 3.05) is 10.6 Å². The second-order valence-corrected chi connectivity index (χ2v) is 5.53. The Morgan fingerprint density at radius 3 is 2.48 bits per heavy atom. The summed E-state index contributed by atoms with van der Waals surface area (Å²) in [6, 6.07) is 6.65. The molecule has 21 heavy (non-hydrogen) atoms. The quantitative estimate of drug-likeness (QED) is 0.889. The molecule has 2 aromatic rings. The van der Waals surface area contributed by atoms with E-state index >= 15 is 0 Å². The van der Waals surface area contributed by atoms with Gasteiger partial charge in [0.2, 0.25) is 11.0 Å². The van der Waals surface area contributed by atoms with E-state index in [1.165, 1.54) is 18.3 Å². The molecule has 0 aliphatic carbocycles. The van der Waals surface area contributed by atoms with E-state index in [0.717, 1.165) is 17.8 Å². The van der Waals surface area contributed by atoms with E-state index in [-0.39, 0.29) is 11.8 Å². The number of hydrogen-bond acceptors (Lipinski definition) is 5. The molecule has 0 atom stereocenters. The van der Waals surface area contributed by atoms with Crippen LogP contribution in [0.1, 0.15) is 35.6 Å². The molecular weight excluding hydrogens is 288 g/mol. The third-order valence-electron chi connectivity index (χ3n) is 2.62. The molecule has 2 rings (SSSR count). The van der Waals surface area contributed by atoms with Gasteiger partial charge in [0.15, 0.2) is 0 Å². The largest absolute Gasteiger partial charge is 0.326 e. The van der Waals surface area contributed by atoms with Crippen LogP contribution in [0, 0.1) is 0 Å². The van der Waals surface area contributed by atoms with Crippen LogP contribution in [0.4, 0.5) is 10.8 Å². The molecule has 0 spiro atoms. The number of nitrogens with one attached hydrogen (secondary N) is 2. The van der Waals surface area contributed by atoms with E-state index in [0.29, 0.717) is 16.4 Å². The standard InChI is InChI=1S/C14H16N4O2S/c1-3-4-12-17-18-14(21-12)16-13(20)10-5-7-11(8-6-10)15-9(2)19/h5-8H,3-4H2,1-2H3,(H,15,19)(H,16,18,20). The van der Waals surface area contributed by atoms with Crippen LogP contribution in [0.3, 0.4) is 0 Å². The second kappa shape index (κ2) is 6.94. The molecule has 2 N–H and O–H groups in total. The normalized spacial score (nSPS) is 10.2. The lowest BCUT2D eigenvalue weighted by molar-refractivity contribution is -0.114. The van der Waals surface area contributed by atoms with E-state index in [9.17, 15) is 9.59 Å². The third kappa shape index (κ3) is 4.35. The topological polar surface area (TPSA) is 84.0 Å². The van der Waals surface area contributed by atoms with Gasteiger partial charge in [-0.2, -0.15) is 0 Å². The molecular formula is C14H16N4O2S. The Morgan fingerprint density at radius 1 is 1.14 bits per heavy atom. The maximum atomic E-state index is 12.1. The number of anilines is 2. The zero-order valence-electron chi connectivity index (χ0n) is 11.8. The van der Waals surface area contributed by atoms with Crippen LogP contribution in [0.15, 0.2) is 24.3 Å². The van der Waals surface area contributed by atoms with Crippen molar-refractivity contribution in [2.24, 2.45) is 0 Å². The smallest absolute Gasteiger partial charge is 0.257 e. The molecule has 0 saturated carbocycles. The highest BCUT2D eigenvalue weighted by molar-refractivity contribution is 7.15. The summed E-state index contributed by atoms with van der Waals surface area (Å²) in [6.45, 7) is 3.50. The van der Waals surface area contributed by atoms with Gasteiger partial charge in [0.05, 0.1) is 0 Å². The van der Waals surface area contributed by atoms with E-state index < -0.39 is 0 Å². The fourth-order valence-electron chi connectivity index (χ4n) is 1.70. The molecule has 1 aromatic carbocycles. The Balaban J connectivity index is 2.00. The van der Waals surface area contributed by atoms with Gasteiger partial charge in [-0.25, -0.2) is 0 Å². The summed E-state index contributed by atoms with van der Waals surface area (Å²) in [5, 5.41) is 14.7. The van der Waals surface area contributed by atoms with Gasteiger partial charge in [-0.15, -0.1) is 10.2 Å². The number of nitrogens with zero attached hydrogens (tertiary/aromatic N) is 2. The van der Waals surface area contributed by atoms with Crippen LogP contribution in [0.5, 0.6) is 0 Å². The maximum Gasteiger partial charge on any atom is 0.257 e.